The number of ether oxygens (including phenoxy) is 1. The van der Waals surface area contributed by atoms with E-state index in [2.05, 4.69) is 4.98 Å². The molecule has 2 aromatic rings. The van der Waals surface area contributed by atoms with E-state index in [-0.39, 0.29) is 12.4 Å². The summed E-state index contributed by atoms with van der Waals surface area (Å²) in [6, 6.07) is 9.94. The van der Waals surface area contributed by atoms with Crippen LogP contribution in [0, 0.1) is 12.8 Å². The zero-order valence-electron chi connectivity index (χ0n) is 11.6. The number of para-hydroxylation sites is 1. The van der Waals surface area contributed by atoms with Gasteiger partial charge in [0.1, 0.15) is 0 Å². The maximum Gasteiger partial charge on any atom is 0.310 e. The van der Waals surface area contributed by atoms with Gasteiger partial charge in [0.15, 0.2) is 0 Å². The molecule has 3 nitrogen and oxygen atoms in total. The fourth-order valence-electron chi connectivity index (χ4n) is 1.90. The molecule has 3 heteroatoms. The Kier molecular flexibility index (Phi) is 4.15. The first-order valence-corrected chi connectivity index (χ1v) is 6.57. The van der Waals surface area contributed by atoms with Gasteiger partial charge in [0.25, 0.3) is 0 Å². The zero-order valence-corrected chi connectivity index (χ0v) is 11.6. The van der Waals surface area contributed by atoms with Gasteiger partial charge < -0.3 is 4.74 Å². The Hall–Kier alpha value is -1.90. The fourth-order valence-corrected chi connectivity index (χ4v) is 1.90. The second kappa shape index (κ2) is 5.83. The van der Waals surface area contributed by atoms with E-state index in [9.17, 15) is 4.79 Å². The Balaban J connectivity index is 2.16. The fraction of sp³-hybridized carbons (Fsp3) is 0.375. The van der Waals surface area contributed by atoms with Crippen molar-refractivity contribution in [3.63, 3.8) is 0 Å². The Bertz CT molecular complexity index is 590. The quantitative estimate of drug-likeness (QED) is 0.789. The van der Waals surface area contributed by atoms with Crippen molar-refractivity contribution in [2.75, 3.05) is 6.61 Å². The summed E-state index contributed by atoms with van der Waals surface area (Å²) in [6.07, 6.45) is 0.288. The van der Waals surface area contributed by atoms with Crippen molar-refractivity contribution in [2.24, 2.45) is 5.92 Å². The van der Waals surface area contributed by atoms with E-state index in [1.807, 2.05) is 51.1 Å². The van der Waals surface area contributed by atoms with Gasteiger partial charge in [0, 0.05) is 11.1 Å². The highest BCUT2D eigenvalue weighted by molar-refractivity contribution is 5.81. The van der Waals surface area contributed by atoms with Crippen molar-refractivity contribution < 1.29 is 9.53 Å². The molecular weight excluding hydrogens is 238 g/mol. The molecule has 0 saturated heterocycles. The zero-order chi connectivity index (χ0) is 13.8. The number of hydrogen-bond acceptors (Lipinski definition) is 3. The first-order chi connectivity index (χ1) is 9.06. The SMILES string of the molecule is Cc1nc2ccccc2cc1CC(=O)OCC(C)C. The van der Waals surface area contributed by atoms with Crippen molar-refractivity contribution in [1.29, 1.82) is 0 Å². The molecule has 0 amide bonds. The number of fused-ring (bicyclic) bond motifs is 1. The maximum absolute atomic E-state index is 11.8. The van der Waals surface area contributed by atoms with E-state index in [1.165, 1.54) is 0 Å². The largest absolute Gasteiger partial charge is 0.465 e. The lowest BCUT2D eigenvalue weighted by atomic mass is 10.1. The van der Waals surface area contributed by atoms with Gasteiger partial charge in [-0.1, -0.05) is 32.0 Å². The minimum absolute atomic E-state index is 0.186. The molecule has 0 fully saturated rings. The highest BCUT2D eigenvalue weighted by Crippen LogP contribution is 2.17. The Morgan fingerprint density at radius 2 is 2.05 bits per heavy atom. The molecule has 19 heavy (non-hydrogen) atoms. The van der Waals surface area contributed by atoms with Crippen LogP contribution in [-0.4, -0.2) is 17.6 Å². The average molecular weight is 257 g/mol. The lowest BCUT2D eigenvalue weighted by Crippen LogP contribution is -2.13. The van der Waals surface area contributed by atoms with E-state index < -0.39 is 0 Å². The van der Waals surface area contributed by atoms with Crippen molar-refractivity contribution in [3.05, 3.63) is 41.6 Å². The number of aromatic nitrogens is 1. The van der Waals surface area contributed by atoms with Crippen LogP contribution in [0.25, 0.3) is 10.9 Å². The Morgan fingerprint density at radius 3 is 2.79 bits per heavy atom. The number of nitrogens with zero attached hydrogens (tertiary/aromatic N) is 1. The first-order valence-electron chi connectivity index (χ1n) is 6.57. The predicted molar refractivity (Wildman–Crippen MR) is 76.0 cm³/mol. The van der Waals surface area contributed by atoms with E-state index in [0.717, 1.165) is 22.2 Å². The summed E-state index contributed by atoms with van der Waals surface area (Å²) in [7, 11) is 0. The molecule has 0 aliphatic heterocycles. The highest BCUT2D eigenvalue weighted by atomic mass is 16.5. The normalized spacial score (nSPS) is 10.9. The molecule has 0 atom stereocenters. The van der Waals surface area contributed by atoms with Crippen LogP contribution < -0.4 is 0 Å². The number of hydrogen-bond donors (Lipinski definition) is 0. The third-order valence-electron chi connectivity index (χ3n) is 2.93. The van der Waals surface area contributed by atoms with Crippen LogP contribution in [0.15, 0.2) is 30.3 Å². The van der Waals surface area contributed by atoms with Gasteiger partial charge in [0.2, 0.25) is 0 Å². The Morgan fingerprint density at radius 1 is 1.32 bits per heavy atom. The lowest BCUT2D eigenvalue weighted by Gasteiger charge is -2.09. The van der Waals surface area contributed by atoms with Gasteiger partial charge in [-0.3, -0.25) is 9.78 Å². The molecule has 1 heterocycles. The van der Waals surface area contributed by atoms with Crippen molar-refractivity contribution in [1.82, 2.24) is 4.98 Å². The van der Waals surface area contributed by atoms with Gasteiger partial charge in [-0.25, -0.2) is 0 Å². The Labute approximate surface area is 113 Å². The first kappa shape index (κ1) is 13.5. The predicted octanol–water partition coefficient (Wildman–Crippen LogP) is 3.28. The summed E-state index contributed by atoms with van der Waals surface area (Å²) in [5, 5.41) is 1.06. The molecule has 2 rings (SSSR count). The van der Waals surface area contributed by atoms with E-state index >= 15 is 0 Å². The van der Waals surface area contributed by atoms with Crippen LogP contribution in [-0.2, 0) is 16.0 Å². The van der Waals surface area contributed by atoms with Crippen LogP contribution in [0.4, 0.5) is 0 Å². The number of carbonyl (C=O) groups is 1. The topological polar surface area (TPSA) is 39.2 Å². The van der Waals surface area contributed by atoms with Crippen molar-refractivity contribution in [3.8, 4) is 0 Å². The number of esters is 1. The number of carbonyl (C=O) groups excluding carboxylic acids is 1. The van der Waals surface area contributed by atoms with Gasteiger partial charge in [-0.2, -0.15) is 0 Å². The molecule has 0 bridgehead atoms. The smallest absolute Gasteiger partial charge is 0.310 e. The summed E-state index contributed by atoms with van der Waals surface area (Å²) >= 11 is 0. The van der Waals surface area contributed by atoms with E-state index in [0.29, 0.717) is 12.5 Å². The van der Waals surface area contributed by atoms with E-state index in [1.54, 1.807) is 0 Å². The summed E-state index contributed by atoms with van der Waals surface area (Å²) in [6.45, 7) is 6.45. The number of pyridine rings is 1. The van der Waals surface area contributed by atoms with Crippen LogP contribution in [0.2, 0.25) is 0 Å². The summed E-state index contributed by atoms with van der Waals surface area (Å²) in [4.78, 5) is 16.3. The van der Waals surface area contributed by atoms with Crippen LogP contribution >= 0.6 is 0 Å². The number of aryl methyl sites for hydroxylation is 1. The van der Waals surface area contributed by atoms with Gasteiger partial charge >= 0.3 is 5.97 Å². The van der Waals surface area contributed by atoms with Crippen LogP contribution in [0.1, 0.15) is 25.1 Å². The highest BCUT2D eigenvalue weighted by Gasteiger charge is 2.10. The molecule has 100 valence electrons. The average Bonchev–Trinajstić information content (AvgIpc) is 2.37. The molecule has 0 N–H and O–H groups in total. The van der Waals surface area contributed by atoms with E-state index in [4.69, 9.17) is 4.74 Å². The van der Waals surface area contributed by atoms with Gasteiger partial charge in [0.05, 0.1) is 18.5 Å². The summed E-state index contributed by atoms with van der Waals surface area (Å²) < 4.78 is 5.21. The standard InChI is InChI=1S/C16H19NO2/c1-11(2)10-19-16(18)9-14-8-13-6-4-5-7-15(13)17-12(14)3/h4-8,11H,9-10H2,1-3H3. The van der Waals surface area contributed by atoms with Crippen LogP contribution in [0.5, 0.6) is 0 Å². The molecule has 0 unspecified atom stereocenters. The summed E-state index contributed by atoms with van der Waals surface area (Å²) in [5.74, 6) is 0.175. The second-order valence-electron chi connectivity index (χ2n) is 5.18. The molecule has 0 spiro atoms. The molecule has 1 aromatic carbocycles. The number of benzene rings is 1. The van der Waals surface area contributed by atoms with Crippen LogP contribution in [0.3, 0.4) is 0 Å². The molecule has 0 aliphatic carbocycles. The molecule has 0 aliphatic rings. The maximum atomic E-state index is 11.8. The van der Waals surface area contributed by atoms with Crippen molar-refractivity contribution in [2.45, 2.75) is 27.2 Å². The molecule has 0 saturated carbocycles. The van der Waals surface area contributed by atoms with Gasteiger partial charge in [-0.15, -0.1) is 0 Å². The monoisotopic (exact) mass is 257 g/mol. The van der Waals surface area contributed by atoms with Gasteiger partial charge in [-0.05, 0) is 30.5 Å². The third kappa shape index (κ3) is 3.53. The summed E-state index contributed by atoms with van der Waals surface area (Å²) in [5.41, 5.74) is 2.78. The molecule has 1 aromatic heterocycles. The molecular formula is C16H19NO2. The minimum Gasteiger partial charge on any atom is -0.465 e. The lowest BCUT2D eigenvalue weighted by molar-refractivity contribution is -0.143. The molecule has 0 radical (unpaired) electrons. The third-order valence-corrected chi connectivity index (χ3v) is 2.93. The van der Waals surface area contributed by atoms with Crippen molar-refractivity contribution >= 4 is 16.9 Å². The number of rotatable bonds is 4. The second-order valence-corrected chi connectivity index (χ2v) is 5.18. The minimum atomic E-state index is -0.186.